The van der Waals surface area contributed by atoms with Crippen LogP contribution in [-0.2, 0) is 11.4 Å². The van der Waals surface area contributed by atoms with Crippen molar-refractivity contribution in [1.29, 1.82) is 0 Å². The van der Waals surface area contributed by atoms with Crippen molar-refractivity contribution in [3.05, 3.63) is 126 Å². The lowest BCUT2D eigenvalue weighted by molar-refractivity contribution is 0.514. The molecule has 136 valence electrons. The van der Waals surface area contributed by atoms with Crippen molar-refractivity contribution in [1.82, 2.24) is 9.55 Å². The highest BCUT2D eigenvalue weighted by Gasteiger charge is 2.37. The van der Waals surface area contributed by atoms with Crippen LogP contribution in [0.4, 0.5) is 0 Å². The third-order valence-corrected chi connectivity index (χ3v) is 5.11. The first kappa shape index (κ1) is 19.2. The average Bonchev–Trinajstić information content (AvgIpc) is 3.26. The van der Waals surface area contributed by atoms with Gasteiger partial charge in [0.25, 0.3) is 0 Å². The average molecular weight is 395 g/mol. The first-order valence-electron chi connectivity index (χ1n) is 8.60. The van der Waals surface area contributed by atoms with Crippen LogP contribution in [0.15, 0.2) is 104 Å². The molecule has 0 aliphatic heterocycles. The summed E-state index contributed by atoms with van der Waals surface area (Å²) in [6.07, 6.45) is 5.73. The SMILES string of the molecule is Cl.ClCc1ccc(C(c2ccccc2)(c2ccccc2)n2ccnc2)cc1. The van der Waals surface area contributed by atoms with Gasteiger partial charge >= 0.3 is 0 Å². The van der Waals surface area contributed by atoms with Gasteiger partial charge in [-0.15, -0.1) is 24.0 Å². The van der Waals surface area contributed by atoms with Crippen LogP contribution in [0, 0.1) is 0 Å². The molecule has 4 heteroatoms. The van der Waals surface area contributed by atoms with Crippen molar-refractivity contribution >= 4 is 24.0 Å². The van der Waals surface area contributed by atoms with Crippen LogP contribution >= 0.6 is 24.0 Å². The molecule has 1 aromatic heterocycles. The van der Waals surface area contributed by atoms with Crippen molar-refractivity contribution in [3.63, 3.8) is 0 Å². The van der Waals surface area contributed by atoms with Crippen molar-refractivity contribution in [2.24, 2.45) is 0 Å². The standard InChI is InChI=1S/C23H19ClN2.ClH/c24-17-19-11-13-22(14-12-19)23(26-16-15-25-18-26,20-7-3-1-4-8-20)21-9-5-2-6-10-21;/h1-16,18H,17H2;1H. The van der Waals surface area contributed by atoms with Gasteiger partial charge in [0.15, 0.2) is 0 Å². The summed E-state index contributed by atoms with van der Waals surface area (Å²) in [7, 11) is 0. The van der Waals surface area contributed by atoms with Gasteiger partial charge in [-0.2, -0.15) is 0 Å². The lowest BCUT2D eigenvalue weighted by Crippen LogP contribution is -2.36. The second kappa shape index (κ2) is 8.43. The molecule has 0 saturated heterocycles. The lowest BCUT2D eigenvalue weighted by atomic mass is 9.76. The monoisotopic (exact) mass is 394 g/mol. The third kappa shape index (κ3) is 3.39. The third-order valence-electron chi connectivity index (χ3n) is 4.80. The molecular weight excluding hydrogens is 375 g/mol. The number of halogens is 2. The van der Waals surface area contributed by atoms with Gasteiger partial charge in [-0.05, 0) is 22.3 Å². The summed E-state index contributed by atoms with van der Waals surface area (Å²) in [5, 5.41) is 0. The molecule has 0 amide bonds. The number of benzene rings is 3. The number of aromatic nitrogens is 2. The molecule has 27 heavy (non-hydrogen) atoms. The van der Waals surface area contributed by atoms with E-state index < -0.39 is 5.54 Å². The maximum Gasteiger partial charge on any atom is 0.121 e. The van der Waals surface area contributed by atoms with E-state index in [9.17, 15) is 0 Å². The zero-order chi connectivity index (χ0) is 17.8. The van der Waals surface area contributed by atoms with Crippen LogP contribution in [0.3, 0.4) is 0 Å². The minimum Gasteiger partial charge on any atom is -0.319 e. The maximum atomic E-state index is 6.01. The van der Waals surface area contributed by atoms with Crippen LogP contribution in [0.2, 0.25) is 0 Å². The Morgan fingerprint density at radius 3 is 1.70 bits per heavy atom. The Morgan fingerprint density at radius 2 is 1.26 bits per heavy atom. The molecule has 0 saturated carbocycles. The van der Waals surface area contributed by atoms with Gasteiger partial charge < -0.3 is 4.57 Å². The Kier molecular flexibility index (Phi) is 6.00. The number of nitrogens with zero attached hydrogens (tertiary/aromatic N) is 2. The Hall–Kier alpha value is -2.55. The van der Waals surface area contributed by atoms with Crippen LogP contribution in [0.1, 0.15) is 22.3 Å². The molecule has 1 heterocycles. The van der Waals surface area contributed by atoms with E-state index in [1.165, 1.54) is 16.7 Å². The summed E-state index contributed by atoms with van der Waals surface area (Å²) in [5.74, 6) is 0.509. The normalized spacial score (nSPS) is 11.0. The minimum atomic E-state index is -0.496. The van der Waals surface area contributed by atoms with Crippen molar-refractivity contribution in [2.75, 3.05) is 0 Å². The van der Waals surface area contributed by atoms with Crippen LogP contribution < -0.4 is 0 Å². The smallest absolute Gasteiger partial charge is 0.121 e. The van der Waals surface area contributed by atoms with E-state index in [2.05, 4.69) is 82.3 Å². The molecular formula is C23H20Cl2N2. The molecule has 0 atom stereocenters. The van der Waals surface area contributed by atoms with Gasteiger partial charge in [-0.25, -0.2) is 4.98 Å². The molecule has 0 bridgehead atoms. The molecule has 0 unspecified atom stereocenters. The molecule has 0 aliphatic carbocycles. The summed E-state index contributed by atoms with van der Waals surface area (Å²) in [6.45, 7) is 0. The highest BCUT2D eigenvalue weighted by Crippen LogP contribution is 2.40. The first-order chi connectivity index (χ1) is 12.9. The van der Waals surface area contributed by atoms with Crippen molar-refractivity contribution in [3.8, 4) is 0 Å². The van der Waals surface area contributed by atoms with Crippen molar-refractivity contribution < 1.29 is 0 Å². The van der Waals surface area contributed by atoms with Crippen molar-refractivity contribution in [2.45, 2.75) is 11.4 Å². The molecule has 4 rings (SSSR count). The fraction of sp³-hybridized carbons (Fsp3) is 0.0870. The van der Waals surface area contributed by atoms with E-state index in [-0.39, 0.29) is 12.4 Å². The molecule has 0 spiro atoms. The molecule has 0 radical (unpaired) electrons. The van der Waals surface area contributed by atoms with Crippen LogP contribution in [0.25, 0.3) is 0 Å². The fourth-order valence-electron chi connectivity index (χ4n) is 3.60. The predicted molar refractivity (Wildman–Crippen MR) is 114 cm³/mol. The summed E-state index contributed by atoms with van der Waals surface area (Å²) in [6, 6.07) is 29.6. The van der Waals surface area contributed by atoms with Gasteiger partial charge in [-0.3, -0.25) is 0 Å². The van der Waals surface area contributed by atoms with E-state index in [1.54, 1.807) is 0 Å². The molecule has 4 aromatic rings. The van der Waals surface area contributed by atoms with E-state index >= 15 is 0 Å². The molecule has 0 fully saturated rings. The topological polar surface area (TPSA) is 17.8 Å². The molecule has 0 N–H and O–H groups in total. The summed E-state index contributed by atoms with van der Waals surface area (Å²) in [5.41, 5.74) is 4.15. The van der Waals surface area contributed by atoms with Crippen LogP contribution in [0.5, 0.6) is 0 Å². The summed E-state index contributed by atoms with van der Waals surface area (Å²) >= 11 is 6.01. The zero-order valence-corrected chi connectivity index (χ0v) is 16.3. The predicted octanol–water partition coefficient (Wildman–Crippen LogP) is 5.88. The lowest BCUT2D eigenvalue weighted by Gasteiger charge is -2.37. The number of hydrogen-bond donors (Lipinski definition) is 0. The highest BCUT2D eigenvalue weighted by atomic mass is 35.5. The number of alkyl halides is 1. The minimum absolute atomic E-state index is 0. The maximum absolute atomic E-state index is 6.01. The zero-order valence-electron chi connectivity index (χ0n) is 14.7. The van der Waals surface area contributed by atoms with Gasteiger partial charge in [0.05, 0.1) is 6.33 Å². The summed E-state index contributed by atoms with van der Waals surface area (Å²) < 4.78 is 2.17. The molecule has 2 nitrogen and oxygen atoms in total. The van der Waals surface area contributed by atoms with E-state index in [1.807, 2.05) is 30.9 Å². The summed E-state index contributed by atoms with van der Waals surface area (Å²) in [4.78, 5) is 4.34. The second-order valence-electron chi connectivity index (χ2n) is 6.24. The van der Waals surface area contributed by atoms with Gasteiger partial charge in [0.1, 0.15) is 5.54 Å². The van der Waals surface area contributed by atoms with Gasteiger partial charge in [0.2, 0.25) is 0 Å². The fourth-order valence-corrected chi connectivity index (χ4v) is 3.78. The quantitative estimate of drug-likeness (QED) is 0.305. The largest absolute Gasteiger partial charge is 0.319 e. The Morgan fingerprint density at radius 1 is 0.741 bits per heavy atom. The number of hydrogen-bond acceptors (Lipinski definition) is 1. The highest BCUT2D eigenvalue weighted by molar-refractivity contribution is 6.17. The van der Waals surface area contributed by atoms with E-state index in [0.717, 1.165) is 5.56 Å². The first-order valence-corrected chi connectivity index (χ1v) is 9.14. The number of imidazole rings is 1. The van der Waals surface area contributed by atoms with E-state index in [0.29, 0.717) is 5.88 Å². The van der Waals surface area contributed by atoms with Crippen LogP contribution in [-0.4, -0.2) is 9.55 Å². The van der Waals surface area contributed by atoms with E-state index in [4.69, 9.17) is 11.6 Å². The number of rotatable bonds is 5. The molecule has 3 aromatic carbocycles. The Bertz CT molecular complexity index is 911. The Balaban J connectivity index is 0.00000210. The molecule has 0 aliphatic rings. The second-order valence-corrected chi connectivity index (χ2v) is 6.51. The Labute approximate surface area is 170 Å². The van der Waals surface area contributed by atoms with Gasteiger partial charge in [-0.1, -0.05) is 84.9 Å². The van der Waals surface area contributed by atoms with Gasteiger partial charge in [0, 0.05) is 18.3 Å².